The van der Waals surface area contributed by atoms with Crippen LogP contribution >= 0.6 is 0 Å². The molecular formula is C18H24N2O. The zero-order valence-electron chi connectivity index (χ0n) is 12.7. The van der Waals surface area contributed by atoms with Crippen LogP contribution in [0.1, 0.15) is 31.2 Å². The van der Waals surface area contributed by atoms with Crippen molar-refractivity contribution in [3.63, 3.8) is 0 Å². The van der Waals surface area contributed by atoms with Gasteiger partial charge in [-0.3, -0.25) is 4.98 Å². The molecule has 1 aromatic carbocycles. The number of para-hydroxylation sites is 1. The van der Waals surface area contributed by atoms with Gasteiger partial charge in [-0.25, -0.2) is 0 Å². The van der Waals surface area contributed by atoms with Gasteiger partial charge in [-0.2, -0.15) is 0 Å². The van der Waals surface area contributed by atoms with Crippen molar-refractivity contribution in [1.29, 1.82) is 0 Å². The van der Waals surface area contributed by atoms with Crippen LogP contribution in [-0.4, -0.2) is 34.7 Å². The number of aliphatic hydroxyl groups excluding tert-OH is 1. The molecule has 0 saturated heterocycles. The first kappa shape index (κ1) is 14.5. The summed E-state index contributed by atoms with van der Waals surface area (Å²) in [4.78, 5) is 6.83. The van der Waals surface area contributed by atoms with Crippen LogP contribution in [0, 0.1) is 5.92 Å². The fourth-order valence-electron chi connectivity index (χ4n) is 3.42. The molecule has 1 heterocycles. The number of pyridine rings is 1. The van der Waals surface area contributed by atoms with E-state index in [0.717, 1.165) is 50.2 Å². The van der Waals surface area contributed by atoms with Gasteiger partial charge in [0.1, 0.15) is 0 Å². The van der Waals surface area contributed by atoms with Crippen molar-refractivity contribution in [3.05, 3.63) is 42.1 Å². The van der Waals surface area contributed by atoms with Crippen molar-refractivity contribution in [3.8, 4) is 0 Å². The molecule has 1 fully saturated rings. The Balaban J connectivity index is 1.65. The Kier molecular flexibility index (Phi) is 4.51. The lowest BCUT2D eigenvalue weighted by Crippen LogP contribution is -2.29. The van der Waals surface area contributed by atoms with Gasteiger partial charge in [0.25, 0.3) is 0 Å². The molecule has 0 spiro atoms. The number of rotatable bonds is 4. The number of hydrogen-bond donors (Lipinski definition) is 1. The Labute approximate surface area is 126 Å². The fourth-order valence-corrected chi connectivity index (χ4v) is 3.42. The molecule has 21 heavy (non-hydrogen) atoms. The Bertz CT molecular complexity index is 585. The smallest absolute Gasteiger partial charge is 0.0705 e. The maximum atomic E-state index is 9.59. The third-order valence-electron chi connectivity index (χ3n) is 4.57. The number of aromatic nitrogens is 1. The van der Waals surface area contributed by atoms with E-state index in [2.05, 4.69) is 41.2 Å². The van der Waals surface area contributed by atoms with Crippen LogP contribution in [0.4, 0.5) is 0 Å². The van der Waals surface area contributed by atoms with Gasteiger partial charge in [-0.1, -0.05) is 18.2 Å². The average Bonchev–Trinajstić information content (AvgIpc) is 2.50. The molecule has 112 valence electrons. The third-order valence-corrected chi connectivity index (χ3v) is 4.57. The minimum Gasteiger partial charge on any atom is -0.393 e. The number of fused-ring (bicyclic) bond motifs is 1. The monoisotopic (exact) mass is 284 g/mol. The van der Waals surface area contributed by atoms with Crippen LogP contribution in [0.15, 0.2) is 36.5 Å². The maximum absolute atomic E-state index is 9.59. The van der Waals surface area contributed by atoms with Gasteiger partial charge in [-0.05, 0) is 56.3 Å². The standard InChI is InChI=1S/C18H24N2O/c1-20(12-14-6-8-16(21)9-7-14)13-15-10-11-19-18-5-3-2-4-17(15)18/h2-5,10-11,14,16,21H,6-9,12-13H2,1H3. The topological polar surface area (TPSA) is 36.4 Å². The van der Waals surface area contributed by atoms with Gasteiger partial charge in [0.15, 0.2) is 0 Å². The molecule has 1 aliphatic rings. The van der Waals surface area contributed by atoms with Crippen LogP contribution in [0.2, 0.25) is 0 Å². The van der Waals surface area contributed by atoms with Crippen molar-refractivity contribution in [2.75, 3.05) is 13.6 Å². The van der Waals surface area contributed by atoms with Gasteiger partial charge >= 0.3 is 0 Å². The van der Waals surface area contributed by atoms with Crippen molar-refractivity contribution >= 4 is 10.9 Å². The molecule has 0 aliphatic heterocycles. The quantitative estimate of drug-likeness (QED) is 0.936. The number of hydrogen-bond acceptors (Lipinski definition) is 3. The van der Waals surface area contributed by atoms with Crippen LogP contribution in [0.3, 0.4) is 0 Å². The van der Waals surface area contributed by atoms with E-state index in [1.165, 1.54) is 10.9 Å². The van der Waals surface area contributed by atoms with E-state index in [1.807, 2.05) is 12.3 Å². The van der Waals surface area contributed by atoms with Crippen LogP contribution in [-0.2, 0) is 6.54 Å². The second-order valence-corrected chi connectivity index (χ2v) is 6.36. The van der Waals surface area contributed by atoms with Gasteiger partial charge in [0.2, 0.25) is 0 Å². The lowest BCUT2D eigenvalue weighted by Gasteiger charge is -2.29. The van der Waals surface area contributed by atoms with E-state index in [4.69, 9.17) is 0 Å². The molecule has 1 aromatic heterocycles. The number of aliphatic hydroxyl groups is 1. The molecule has 3 heteroatoms. The molecule has 0 unspecified atom stereocenters. The molecule has 3 rings (SSSR count). The van der Waals surface area contributed by atoms with Crippen LogP contribution in [0.5, 0.6) is 0 Å². The van der Waals surface area contributed by atoms with E-state index in [-0.39, 0.29) is 6.10 Å². The average molecular weight is 284 g/mol. The summed E-state index contributed by atoms with van der Waals surface area (Å²) in [5.74, 6) is 0.728. The summed E-state index contributed by atoms with van der Waals surface area (Å²) in [6, 6.07) is 10.5. The Morgan fingerprint density at radius 2 is 1.90 bits per heavy atom. The highest BCUT2D eigenvalue weighted by Crippen LogP contribution is 2.25. The molecule has 2 aromatic rings. The Hall–Kier alpha value is -1.45. The lowest BCUT2D eigenvalue weighted by molar-refractivity contribution is 0.0968. The van der Waals surface area contributed by atoms with Gasteiger partial charge in [0.05, 0.1) is 11.6 Å². The van der Waals surface area contributed by atoms with Crippen LogP contribution < -0.4 is 0 Å². The summed E-state index contributed by atoms with van der Waals surface area (Å²) in [6.07, 6.45) is 6.09. The highest BCUT2D eigenvalue weighted by Gasteiger charge is 2.20. The molecule has 0 atom stereocenters. The molecule has 1 N–H and O–H groups in total. The highest BCUT2D eigenvalue weighted by atomic mass is 16.3. The van der Waals surface area contributed by atoms with Gasteiger partial charge < -0.3 is 10.0 Å². The molecular weight excluding hydrogens is 260 g/mol. The minimum absolute atomic E-state index is 0.0595. The Morgan fingerprint density at radius 3 is 2.71 bits per heavy atom. The van der Waals surface area contributed by atoms with Gasteiger partial charge in [-0.15, -0.1) is 0 Å². The molecule has 0 amide bonds. The molecule has 0 radical (unpaired) electrons. The maximum Gasteiger partial charge on any atom is 0.0705 e. The molecule has 3 nitrogen and oxygen atoms in total. The lowest BCUT2D eigenvalue weighted by atomic mass is 9.87. The predicted molar refractivity (Wildman–Crippen MR) is 86.0 cm³/mol. The Morgan fingerprint density at radius 1 is 1.14 bits per heavy atom. The minimum atomic E-state index is -0.0595. The molecule has 0 bridgehead atoms. The van der Waals surface area contributed by atoms with Crippen molar-refractivity contribution in [2.45, 2.75) is 38.3 Å². The summed E-state index contributed by atoms with van der Waals surface area (Å²) in [5.41, 5.74) is 2.42. The largest absolute Gasteiger partial charge is 0.393 e. The summed E-state index contributed by atoms with van der Waals surface area (Å²) >= 11 is 0. The first-order valence-corrected chi connectivity index (χ1v) is 7.91. The van der Waals surface area contributed by atoms with E-state index in [0.29, 0.717) is 0 Å². The SMILES string of the molecule is CN(Cc1ccnc2ccccc12)CC1CCC(O)CC1. The predicted octanol–water partition coefficient (Wildman–Crippen LogP) is 3.22. The second kappa shape index (κ2) is 6.54. The second-order valence-electron chi connectivity index (χ2n) is 6.36. The first-order valence-electron chi connectivity index (χ1n) is 7.91. The summed E-state index contributed by atoms with van der Waals surface area (Å²) in [6.45, 7) is 2.07. The summed E-state index contributed by atoms with van der Waals surface area (Å²) in [5, 5.41) is 10.8. The third kappa shape index (κ3) is 3.60. The summed E-state index contributed by atoms with van der Waals surface area (Å²) in [7, 11) is 2.19. The van der Waals surface area contributed by atoms with E-state index in [1.54, 1.807) is 0 Å². The highest BCUT2D eigenvalue weighted by molar-refractivity contribution is 5.81. The van der Waals surface area contributed by atoms with Crippen molar-refractivity contribution < 1.29 is 5.11 Å². The van der Waals surface area contributed by atoms with E-state index in [9.17, 15) is 5.11 Å². The zero-order chi connectivity index (χ0) is 14.7. The number of benzene rings is 1. The van der Waals surface area contributed by atoms with Crippen LogP contribution in [0.25, 0.3) is 10.9 Å². The molecule has 1 saturated carbocycles. The van der Waals surface area contributed by atoms with E-state index >= 15 is 0 Å². The van der Waals surface area contributed by atoms with Crippen molar-refractivity contribution in [1.82, 2.24) is 9.88 Å². The number of nitrogens with zero attached hydrogens (tertiary/aromatic N) is 2. The summed E-state index contributed by atoms with van der Waals surface area (Å²) < 4.78 is 0. The fraction of sp³-hybridized carbons (Fsp3) is 0.500. The normalized spacial score (nSPS) is 22.8. The zero-order valence-corrected chi connectivity index (χ0v) is 12.7. The molecule has 1 aliphatic carbocycles. The van der Waals surface area contributed by atoms with E-state index < -0.39 is 0 Å². The first-order chi connectivity index (χ1) is 10.2. The van der Waals surface area contributed by atoms with Crippen molar-refractivity contribution in [2.24, 2.45) is 5.92 Å². The van der Waals surface area contributed by atoms with Gasteiger partial charge in [0, 0.05) is 24.7 Å².